The summed E-state index contributed by atoms with van der Waals surface area (Å²) in [6, 6.07) is 8.89. The van der Waals surface area contributed by atoms with Crippen LogP contribution in [0.5, 0.6) is 0 Å². The normalized spacial score (nSPS) is 19.4. The summed E-state index contributed by atoms with van der Waals surface area (Å²) in [6.07, 6.45) is 3.56. The zero-order valence-electron chi connectivity index (χ0n) is 11.3. The molecule has 0 spiro atoms. The van der Waals surface area contributed by atoms with Gasteiger partial charge in [-0.15, -0.1) is 0 Å². The van der Waals surface area contributed by atoms with Gasteiger partial charge in [0.15, 0.2) is 0 Å². The molecule has 0 bridgehead atoms. The number of aryl methyl sites for hydroxylation is 1. The quantitative estimate of drug-likeness (QED) is 0.784. The summed E-state index contributed by atoms with van der Waals surface area (Å²) in [5, 5.41) is 0. The molecule has 1 aliphatic rings. The van der Waals surface area contributed by atoms with Crippen LogP contribution in [-0.4, -0.2) is 32.3 Å². The van der Waals surface area contributed by atoms with Gasteiger partial charge < -0.3 is 15.4 Å². The zero-order chi connectivity index (χ0) is 12.8. The summed E-state index contributed by atoms with van der Waals surface area (Å²) < 4.78 is 5.82. The molecule has 2 rings (SSSR count). The van der Waals surface area contributed by atoms with Crippen molar-refractivity contribution in [1.82, 2.24) is 0 Å². The van der Waals surface area contributed by atoms with E-state index in [0.717, 1.165) is 45.5 Å². The van der Waals surface area contributed by atoms with Crippen LogP contribution in [0.4, 0.5) is 5.69 Å². The fraction of sp³-hybridized carbons (Fsp3) is 0.600. The number of anilines is 1. The SMILES string of the molecule is CCc1ccc(N2CCC(OCCCN)C2)cc1. The summed E-state index contributed by atoms with van der Waals surface area (Å²) in [6.45, 7) is 5.81. The Morgan fingerprint density at radius 1 is 1.33 bits per heavy atom. The topological polar surface area (TPSA) is 38.5 Å². The summed E-state index contributed by atoms with van der Waals surface area (Å²) >= 11 is 0. The summed E-state index contributed by atoms with van der Waals surface area (Å²) in [5.74, 6) is 0. The third kappa shape index (κ3) is 3.47. The number of nitrogens with two attached hydrogens (primary N) is 1. The lowest BCUT2D eigenvalue weighted by Crippen LogP contribution is -2.23. The molecule has 0 aromatic heterocycles. The van der Waals surface area contributed by atoms with E-state index >= 15 is 0 Å². The molecule has 1 aromatic carbocycles. The minimum atomic E-state index is 0.377. The number of benzene rings is 1. The van der Waals surface area contributed by atoms with Gasteiger partial charge in [-0.25, -0.2) is 0 Å². The van der Waals surface area contributed by atoms with E-state index in [0.29, 0.717) is 6.10 Å². The van der Waals surface area contributed by atoms with Gasteiger partial charge in [-0.1, -0.05) is 19.1 Å². The van der Waals surface area contributed by atoms with Gasteiger partial charge in [0.1, 0.15) is 0 Å². The molecular weight excluding hydrogens is 224 g/mol. The predicted octanol–water partition coefficient (Wildman–Crippen LogP) is 2.19. The highest BCUT2D eigenvalue weighted by atomic mass is 16.5. The number of rotatable bonds is 6. The molecule has 0 radical (unpaired) electrons. The molecule has 3 heteroatoms. The smallest absolute Gasteiger partial charge is 0.0766 e. The molecular formula is C15H24N2O. The average Bonchev–Trinajstić information content (AvgIpc) is 2.88. The first kappa shape index (κ1) is 13.4. The maximum atomic E-state index is 5.82. The van der Waals surface area contributed by atoms with Gasteiger partial charge in [0.05, 0.1) is 6.10 Å². The van der Waals surface area contributed by atoms with Gasteiger partial charge >= 0.3 is 0 Å². The Kier molecular flexibility index (Phi) is 5.02. The Morgan fingerprint density at radius 3 is 2.78 bits per heavy atom. The second-order valence-electron chi connectivity index (χ2n) is 4.89. The molecule has 100 valence electrons. The molecule has 3 nitrogen and oxygen atoms in total. The maximum Gasteiger partial charge on any atom is 0.0766 e. The monoisotopic (exact) mass is 248 g/mol. The molecule has 1 saturated heterocycles. The first-order valence-electron chi connectivity index (χ1n) is 6.99. The Morgan fingerprint density at radius 2 is 2.11 bits per heavy atom. The van der Waals surface area contributed by atoms with Crippen molar-refractivity contribution in [2.24, 2.45) is 5.73 Å². The summed E-state index contributed by atoms with van der Waals surface area (Å²) in [4.78, 5) is 2.41. The first-order chi connectivity index (χ1) is 8.83. The minimum Gasteiger partial charge on any atom is -0.376 e. The van der Waals surface area contributed by atoms with Crippen molar-refractivity contribution in [2.45, 2.75) is 32.3 Å². The standard InChI is InChI=1S/C15H24N2O/c1-2-13-4-6-14(7-5-13)17-10-8-15(12-17)18-11-3-9-16/h4-7,15H,2-3,8-12,16H2,1H3. The van der Waals surface area contributed by atoms with E-state index in [1.165, 1.54) is 11.3 Å². The zero-order valence-corrected chi connectivity index (χ0v) is 11.3. The summed E-state index contributed by atoms with van der Waals surface area (Å²) in [5.41, 5.74) is 8.18. The Bertz CT molecular complexity index is 350. The van der Waals surface area contributed by atoms with Crippen molar-refractivity contribution in [3.05, 3.63) is 29.8 Å². The van der Waals surface area contributed by atoms with E-state index in [-0.39, 0.29) is 0 Å². The van der Waals surface area contributed by atoms with Gasteiger partial charge in [-0.2, -0.15) is 0 Å². The highest BCUT2D eigenvalue weighted by Gasteiger charge is 2.22. The molecule has 1 unspecified atom stereocenters. The van der Waals surface area contributed by atoms with Crippen LogP contribution in [0.3, 0.4) is 0 Å². The number of ether oxygens (including phenoxy) is 1. The fourth-order valence-corrected chi connectivity index (χ4v) is 2.37. The van der Waals surface area contributed by atoms with Gasteiger partial charge in [0, 0.05) is 25.4 Å². The van der Waals surface area contributed by atoms with Gasteiger partial charge in [0.2, 0.25) is 0 Å². The Hall–Kier alpha value is -1.06. The van der Waals surface area contributed by atoms with E-state index in [1.54, 1.807) is 0 Å². The molecule has 0 saturated carbocycles. The molecule has 1 heterocycles. The third-order valence-electron chi connectivity index (χ3n) is 3.56. The van der Waals surface area contributed by atoms with E-state index in [1.807, 2.05) is 0 Å². The van der Waals surface area contributed by atoms with E-state index < -0.39 is 0 Å². The van der Waals surface area contributed by atoms with Crippen LogP contribution in [0.1, 0.15) is 25.3 Å². The highest BCUT2D eigenvalue weighted by molar-refractivity contribution is 5.48. The molecule has 0 amide bonds. The molecule has 2 N–H and O–H groups in total. The number of nitrogens with zero attached hydrogens (tertiary/aromatic N) is 1. The van der Waals surface area contributed by atoms with Crippen LogP contribution in [0.15, 0.2) is 24.3 Å². The van der Waals surface area contributed by atoms with Crippen LogP contribution in [-0.2, 0) is 11.2 Å². The average molecular weight is 248 g/mol. The van der Waals surface area contributed by atoms with Crippen LogP contribution in [0.25, 0.3) is 0 Å². The molecule has 1 fully saturated rings. The molecule has 1 aliphatic heterocycles. The molecule has 18 heavy (non-hydrogen) atoms. The summed E-state index contributed by atoms with van der Waals surface area (Å²) in [7, 11) is 0. The first-order valence-corrected chi connectivity index (χ1v) is 6.99. The van der Waals surface area contributed by atoms with E-state index in [4.69, 9.17) is 10.5 Å². The largest absolute Gasteiger partial charge is 0.376 e. The number of hydrogen-bond acceptors (Lipinski definition) is 3. The Labute approximate surface area is 110 Å². The van der Waals surface area contributed by atoms with Crippen LogP contribution in [0, 0.1) is 0 Å². The van der Waals surface area contributed by atoms with Crippen LogP contribution >= 0.6 is 0 Å². The van der Waals surface area contributed by atoms with E-state index in [2.05, 4.69) is 36.1 Å². The highest BCUT2D eigenvalue weighted by Crippen LogP contribution is 2.22. The molecule has 0 aliphatic carbocycles. The molecule has 1 aromatic rings. The van der Waals surface area contributed by atoms with Gasteiger partial charge in [-0.05, 0) is 43.5 Å². The van der Waals surface area contributed by atoms with Crippen molar-refractivity contribution in [2.75, 3.05) is 31.1 Å². The number of hydrogen-bond donors (Lipinski definition) is 1. The third-order valence-corrected chi connectivity index (χ3v) is 3.56. The fourth-order valence-electron chi connectivity index (χ4n) is 2.37. The second-order valence-corrected chi connectivity index (χ2v) is 4.89. The lowest BCUT2D eigenvalue weighted by Gasteiger charge is -2.19. The Balaban J connectivity index is 1.83. The minimum absolute atomic E-state index is 0.377. The maximum absolute atomic E-state index is 5.82. The van der Waals surface area contributed by atoms with Crippen molar-refractivity contribution in [3.63, 3.8) is 0 Å². The van der Waals surface area contributed by atoms with Crippen molar-refractivity contribution >= 4 is 5.69 Å². The lowest BCUT2D eigenvalue weighted by molar-refractivity contribution is 0.0676. The van der Waals surface area contributed by atoms with Gasteiger partial charge in [0.25, 0.3) is 0 Å². The van der Waals surface area contributed by atoms with Crippen LogP contribution in [0.2, 0.25) is 0 Å². The van der Waals surface area contributed by atoms with Crippen molar-refractivity contribution < 1.29 is 4.74 Å². The second kappa shape index (κ2) is 6.76. The predicted molar refractivity (Wildman–Crippen MR) is 76.1 cm³/mol. The van der Waals surface area contributed by atoms with E-state index in [9.17, 15) is 0 Å². The van der Waals surface area contributed by atoms with Crippen molar-refractivity contribution in [1.29, 1.82) is 0 Å². The van der Waals surface area contributed by atoms with Gasteiger partial charge in [-0.3, -0.25) is 0 Å². The van der Waals surface area contributed by atoms with Crippen LogP contribution < -0.4 is 10.6 Å². The molecule has 1 atom stereocenters. The van der Waals surface area contributed by atoms with Crippen molar-refractivity contribution in [3.8, 4) is 0 Å². The lowest BCUT2D eigenvalue weighted by atomic mass is 10.1.